The normalized spacial score (nSPS) is 7.00. The van der Waals surface area contributed by atoms with E-state index < -0.39 is 7.82 Å². The lowest BCUT2D eigenvalue weighted by atomic mass is 10.7. The van der Waals surface area contributed by atoms with Crippen LogP contribution in [0, 0.1) is 0 Å². The summed E-state index contributed by atoms with van der Waals surface area (Å²) in [6.45, 7) is 3.94. The molecule has 0 radical (unpaired) electrons. The predicted molar refractivity (Wildman–Crippen MR) is 48.6 cm³/mol. The van der Waals surface area contributed by atoms with Crippen LogP contribution in [-0.4, -0.2) is 21.2 Å². The minimum atomic E-state index is -4.64. The van der Waals surface area contributed by atoms with Crippen molar-refractivity contribution in [1.82, 2.24) is 18.5 Å². The van der Waals surface area contributed by atoms with Crippen LogP contribution < -0.4 is 24.2 Å². The van der Waals surface area contributed by atoms with Crippen molar-refractivity contribution in [2.75, 3.05) is 6.54 Å². The number of nitrogens with two attached hydrogens (primary N) is 1. The fourth-order valence-electron chi connectivity index (χ4n) is 0. The lowest BCUT2D eigenvalue weighted by Crippen LogP contribution is -1.90. The molecule has 0 heterocycles. The Morgan fingerprint density at radius 3 is 1.33 bits per heavy atom. The van der Waals surface area contributed by atoms with Gasteiger partial charge in [-0.1, -0.05) is 6.08 Å². The Balaban J connectivity index is -0.0000000221. The summed E-state index contributed by atoms with van der Waals surface area (Å²) in [6, 6.07) is 0. The van der Waals surface area contributed by atoms with Gasteiger partial charge in [0.2, 0.25) is 0 Å². The molecule has 14 N–H and O–H groups in total. The zero-order valence-corrected chi connectivity index (χ0v) is 7.78. The van der Waals surface area contributed by atoms with E-state index in [4.69, 9.17) is 25.0 Å². The quantitative estimate of drug-likeness (QED) is 0.223. The van der Waals surface area contributed by atoms with E-state index in [1.54, 1.807) is 6.08 Å². The van der Waals surface area contributed by atoms with Crippen LogP contribution in [0.25, 0.3) is 0 Å². The van der Waals surface area contributed by atoms with E-state index in [0.717, 1.165) is 0 Å². The van der Waals surface area contributed by atoms with Crippen molar-refractivity contribution < 1.29 is 19.2 Å². The molecule has 0 aliphatic heterocycles. The molecule has 0 aliphatic carbocycles. The lowest BCUT2D eigenvalue weighted by Gasteiger charge is -1.82. The monoisotopic (exact) mass is 206 g/mol. The molecule has 0 aromatic rings. The summed E-state index contributed by atoms with van der Waals surface area (Å²) in [7, 11) is -4.64. The standard InChI is InChI=1S/C3H7N.3H3N.H3O4P/c1-2-3-4;;;;1-5(2,3)4/h2H,1,3-4H2;3*1H3;(H3,1,2,3,4). The third-order valence-electron chi connectivity index (χ3n) is 0.167. The molecule has 0 aromatic heterocycles. The highest BCUT2D eigenvalue weighted by Crippen LogP contribution is 2.25. The van der Waals surface area contributed by atoms with Crippen molar-refractivity contribution >= 4 is 7.82 Å². The first-order chi connectivity index (χ1) is 3.91. The molecule has 0 bridgehead atoms. The Morgan fingerprint density at radius 1 is 1.25 bits per heavy atom. The molecule has 0 unspecified atom stereocenters. The summed E-state index contributed by atoms with van der Waals surface area (Å²) in [5.74, 6) is 0. The highest BCUT2D eigenvalue weighted by atomic mass is 31.2. The van der Waals surface area contributed by atoms with Gasteiger partial charge in [0.1, 0.15) is 0 Å². The maximum absolute atomic E-state index is 8.88. The third-order valence-corrected chi connectivity index (χ3v) is 0.167. The van der Waals surface area contributed by atoms with Crippen LogP contribution in [0.5, 0.6) is 0 Å². The Hall–Kier alpha value is -0.310. The molecule has 0 amide bonds. The SMILES string of the molecule is C=CCN.N.N.N.O=P(O)(O)O. The van der Waals surface area contributed by atoms with E-state index in [1.165, 1.54) is 0 Å². The summed E-state index contributed by atoms with van der Waals surface area (Å²) in [5.41, 5.74) is 4.91. The molecule has 0 rings (SSSR count). The minimum absolute atomic E-state index is 0. The highest BCUT2D eigenvalue weighted by Gasteiger charge is 2.00. The van der Waals surface area contributed by atoms with E-state index in [-0.39, 0.29) is 18.5 Å². The van der Waals surface area contributed by atoms with Crippen LogP contribution in [-0.2, 0) is 4.57 Å². The minimum Gasteiger partial charge on any atom is -0.344 e. The summed E-state index contributed by atoms with van der Waals surface area (Å²) in [4.78, 5) is 21.6. The second-order valence-electron chi connectivity index (χ2n) is 1.04. The first-order valence-electron chi connectivity index (χ1n) is 2.01. The second-order valence-corrected chi connectivity index (χ2v) is 2.06. The van der Waals surface area contributed by atoms with Crippen molar-refractivity contribution in [2.45, 2.75) is 0 Å². The molecule has 12 heavy (non-hydrogen) atoms. The molecule has 0 saturated carbocycles. The van der Waals surface area contributed by atoms with Gasteiger partial charge in [-0.3, -0.25) is 0 Å². The van der Waals surface area contributed by atoms with E-state index >= 15 is 0 Å². The number of hydrogen-bond acceptors (Lipinski definition) is 5. The summed E-state index contributed by atoms with van der Waals surface area (Å²) in [5, 5.41) is 0. The lowest BCUT2D eigenvalue weighted by molar-refractivity contribution is 0.275. The molecule has 0 aromatic carbocycles. The first-order valence-corrected chi connectivity index (χ1v) is 3.57. The second kappa shape index (κ2) is 17.0. The summed E-state index contributed by atoms with van der Waals surface area (Å²) >= 11 is 0. The van der Waals surface area contributed by atoms with Crippen LogP contribution >= 0.6 is 7.82 Å². The van der Waals surface area contributed by atoms with Crippen LogP contribution in [0.1, 0.15) is 0 Å². The summed E-state index contributed by atoms with van der Waals surface area (Å²) < 4.78 is 8.88. The van der Waals surface area contributed by atoms with Crippen molar-refractivity contribution in [1.29, 1.82) is 0 Å². The smallest absolute Gasteiger partial charge is 0.344 e. The largest absolute Gasteiger partial charge is 0.466 e. The van der Waals surface area contributed by atoms with Gasteiger partial charge < -0.3 is 38.9 Å². The molecule has 0 saturated heterocycles. The molecular weight excluding hydrogens is 187 g/mol. The van der Waals surface area contributed by atoms with Crippen LogP contribution in [0.15, 0.2) is 12.7 Å². The van der Waals surface area contributed by atoms with Gasteiger partial charge >= 0.3 is 7.82 Å². The fourth-order valence-corrected chi connectivity index (χ4v) is 0. The molecule has 8 nitrogen and oxygen atoms in total. The van der Waals surface area contributed by atoms with E-state index in [0.29, 0.717) is 6.54 Å². The third kappa shape index (κ3) is 1540. The van der Waals surface area contributed by atoms with E-state index in [2.05, 4.69) is 6.58 Å². The number of rotatable bonds is 1. The van der Waals surface area contributed by atoms with Gasteiger partial charge in [0.15, 0.2) is 0 Å². The van der Waals surface area contributed by atoms with Gasteiger partial charge in [-0.2, -0.15) is 0 Å². The van der Waals surface area contributed by atoms with Crippen molar-refractivity contribution in [3.8, 4) is 0 Å². The van der Waals surface area contributed by atoms with Crippen molar-refractivity contribution in [3.05, 3.63) is 12.7 Å². The van der Waals surface area contributed by atoms with Crippen LogP contribution in [0.4, 0.5) is 0 Å². The van der Waals surface area contributed by atoms with Gasteiger partial charge in [0.05, 0.1) is 0 Å². The highest BCUT2D eigenvalue weighted by molar-refractivity contribution is 7.45. The van der Waals surface area contributed by atoms with Crippen molar-refractivity contribution in [2.24, 2.45) is 5.73 Å². The maximum atomic E-state index is 8.88. The van der Waals surface area contributed by atoms with Gasteiger partial charge in [-0.05, 0) is 0 Å². The predicted octanol–water partition coefficient (Wildman–Crippen LogP) is -0.311. The van der Waals surface area contributed by atoms with E-state index in [1.807, 2.05) is 0 Å². The van der Waals surface area contributed by atoms with Crippen LogP contribution in [0.3, 0.4) is 0 Å². The molecule has 0 spiro atoms. The number of hydrogen-bond donors (Lipinski definition) is 7. The zero-order chi connectivity index (χ0) is 7.91. The van der Waals surface area contributed by atoms with Gasteiger partial charge in [-0.15, -0.1) is 6.58 Å². The topological polar surface area (TPSA) is 209 Å². The van der Waals surface area contributed by atoms with Gasteiger partial charge in [-0.25, -0.2) is 4.57 Å². The first kappa shape index (κ1) is 29.8. The summed E-state index contributed by atoms with van der Waals surface area (Å²) in [6.07, 6.45) is 1.65. The Labute approximate surface area is 71.5 Å². The maximum Gasteiger partial charge on any atom is 0.466 e. The molecule has 80 valence electrons. The molecule has 0 fully saturated rings. The molecule has 0 atom stereocenters. The van der Waals surface area contributed by atoms with Crippen molar-refractivity contribution in [3.63, 3.8) is 0 Å². The number of phosphoric acid groups is 1. The molecular formula is C3H19N4O4P. The Morgan fingerprint density at radius 2 is 1.33 bits per heavy atom. The van der Waals surface area contributed by atoms with E-state index in [9.17, 15) is 0 Å². The average Bonchev–Trinajstić information content (AvgIpc) is 1.61. The van der Waals surface area contributed by atoms with Gasteiger partial charge in [0, 0.05) is 6.54 Å². The Kier molecular flexibility index (Phi) is 42.2. The molecule has 9 heteroatoms. The van der Waals surface area contributed by atoms with Crippen LogP contribution in [0.2, 0.25) is 0 Å². The molecule has 0 aliphatic rings. The average molecular weight is 206 g/mol. The fraction of sp³-hybridized carbons (Fsp3) is 0.333. The zero-order valence-electron chi connectivity index (χ0n) is 6.89. The van der Waals surface area contributed by atoms with Gasteiger partial charge in [0.25, 0.3) is 0 Å². The Bertz CT molecular complexity index is 107.